The topological polar surface area (TPSA) is 138 Å². The van der Waals surface area contributed by atoms with Crippen molar-refractivity contribution >= 4 is 45.5 Å². The van der Waals surface area contributed by atoms with Gasteiger partial charge in [-0.05, 0) is 36.8 Å². The fourth-order valence-corrected chi connectivity index (χ4v) is 4.89. The normalized spacial score (nSPS) is 15.0. The van der Waals surface area contributed by atoms with E-state index < -0.39 is 29.0 Å². The molecule has 2 atom stereocenters. The van der Waals surface area contributed by atoms with Gasteiger partial charge in [0.05, 0.1) is 18.1 Å². The van der Waals surface area contributed by atoms with Crippen molar-refractivity contribution in [1.82, 2.24) is 15.2 Å². The molecule has 2 unspecified atom stereocenters. The van der Waals surface area contributed by atoms with E-state index in [1.54, 1.807) is 24.3 Å². The fraction of sp³-hybridized carbons (Fsp3) is 0.303. The number of para-hydroxylation sites is 1. The maximum Gasteiger partial charge on any atom is 0.329 e. The number of aryl methyl sites for hydroxylation is 1. The molecule has 1 aromatic heterocycles. The molecular formula is C33H36ClN3O7S. The average molecular weight is 654 g/mol. The number of morpholine rings is 1. The number of aromatic amines is 1. The van der Waals surface area contributed by atoms with Crippen LogP contribution < -0.4 is 10.9 Å². The van der Waals surface area contributed by atoms with Gasteiger partial charge < -0.3 is 24.3 Å². The molecule has 0 radical (unpaired) electrons. The summed E-state index contributed by atoms with van der Waals surface area (Å²) < 4.78 is 29.8. The number of terminal acetylenes is 1. The summed E-state index contributed by atoms with van der Waals surface area (Å²) in [7, 11) is 0. The van der Waals surface area contributed by atoms with Crippen molar-refractivity contribution in [2.75, 3.05) is 39.5 Å². The van der Waals surface area contributed by atoms with E-state index in [1.165, 1.54) is 18.2 Å². The van der Waals surface area contributed by atoms with Crippen molar-refractivity contribution in [3.63, 3.8) is 0 Å². The number of aromatic nitrogens is 1. The zero-order valence-electron chi connectivity index (χ0n) is 24.9. The van der Waals surface area contributed by atoms with Gasteiger partial charge in [-0.25, -0.2) is 9.00 Å². The number of nitrogens with one attached hydrogen (secondary N) is 2. The minimum atomic E-state index is -1.84. The number of allylic oxidation sites excluding steroid dienone is 3. The Hall–Kier alpha value is -4.05. The Kier molecular flexibility index (Phi) is 14.7. The lowest BCUT2D eigenvalue weighted by Crippen LogP contribution is -2.44. The third kappa shape index (κ3) is 12.5. The molecule has 1 amide bonds. The van der Waals surface area contributed by atoms with Crippen LogP contribution in [0.15, 0.2) is 87.5 Å². The predicted octanol–water partition coefficient (Wildman–Crippen LogP) is 3.71. The summed E-state index contributed by atoms with van der Waals surface area (Å²) in [4.78, 5) is 43.1. The number of esters is 1. The van der Waals surface area contributed by atoms with E-state index in [1.807, 2.05) is 37.3 Å². The second-order valence-corrected chi connectivity index (χ2v) is 11.4. The third-order valence-corrected chi connectivity index (χ3v) is 7.57. The van der Waals surface area contributed by atoms with E-state index in [-0.39, 0.29) is 25.0 Å². The standard InChI is InChI=1S/C26H28ClN3O5.C7H8O2S/c1-2-6-20(27)7-5-10-24(31)29-23(26(33)35-16-13-30-11-14-34-15-12-30)17-19-18-25(32)28-22-9-4-3-8-21(19)22;1-6-2-4-7(5-3-6)10(8)9/h1,3-9,18,23H,10-17H2,(H,28,32)(H,29,31);2-5H,1H3,(H,8,9)/b7-5-,20-6+;. The number of halogens is 1. The number of ether oxygens (including phenoxy) is 2. The number of hydrogen-bond acceptors (Lipinski definition) is 7. The molecule has 10 nitrogen and oxygen atoms in total. The van der Waals surface area contributed by atoms with Gasteiger partial charge in [-0.2, -0.15) is 0 Å². The van der Waals surface area contributed by atoms with Gasteiger partial charge in [-0.3, -0.25) is 14.5 Å². The maximum absolute atomic E-state index is 13.0. The SMILES string of the molecule is C#C/C=C(Cl)\C=C/CC(=O)NC(Cc1cc(=O)[nH]c2ccccc12)C(=O)OCCN1CCOCC1.Cc1ccc(S(=O)O)cc1. The summed E-state index contributed by atoms with van der Waals surface area (Å²) in [5, 5.41) is 3.83. The number of nitrogens with zero attached hydrogens (tertiary/aromatic N) is 1. The molecule has 238 valence electrons. The molecular weight excluding hydrogens is 618 g/mol. The summed E-state index contributed by atoms with van der Waals surface area (Å²) in [5.74, 6) is 1.34. The first-order chi connectivity index (χ1) is 21.7. The number of carbonyl (C=O) groups is 2. The first-order valence-corrected chi connectivity index (χ1v) is 15.7. The van der Waals surface area contributed by atoms with Crippen LogP contribution in [0.1, 0.15) is 17.5 Å². The van der Waals surface area contributed by atoms with Crippen molar-refractivity contribution in [1.29, 1.82) is 0 Å². The van der Waals surface area contributed by atoms with Crippen LogP contribution in [-0.2, 0) is 36.6 Å². The molecule has 2 heterocycles. The number of pyridine rings is 1. The van der Waals surface area contributed by atoms with Crippen LogP contribution in [0.4, 0.5) is 0 Å². The highest BCUT2D eigenvalue weighted by molar-refractivity contribution is 7.79. The molecule has 1 saturated heterocycles. The molecule has 1 aliphatic rings. The van der Waals surface area contributed by atoms with Crippen molar-refractivity contribution in [3.8, 4) is 12.3 Å². The molecule has 4 rings (SSSR count). The zero-order valence-corrected chi connectivity index (χ0v) is 26.4. The second kappa shape index (κ2) is 18.7. The number of benzene rings is 2. The van der Waals surface area contributed by atoms with Crippen molar-refractivity contribution < 1.29 is 27.8 Å². The smallest absolute Gasteiger partial charge is 0.329 e. The molecule has 1 fully saturated rings. The number of fused-ring (bicyclic) bond motifs is 1. The summed E-state index contributed by atoms with van der Waals surface area (Å²) >= 11 is 4.06. The number of H-pyrrole nitrogens is 1. The highest BCUT2D eigenvalue weighted by Crippen LogP contribution is 2.17. The predicted molar refractivity (Wildman–Crippen MR) is 175 cm³/mol. The largest absolute Gasteiger partial charge is 0.463 e. The highest BCUT2D eigenvalue weighted by atomic mass is 35.5. The van der Waals surface area contributed by atoms with Gasteiger partial charge in [0, 0.05) is 60.6 Å². The summed E-state index contributed by atoms with van der Waals surface area (Å²) in [6.45, 7) is 5.55. The van der Waals surface area contributed by atoms with Crippen LogP contribution in [0.25, 0.3) is 10.9 Å². The van der Waals surface area contributed by atoms with Crippen LogP contribution in [0, 0.1) is 19.3 Å². The molecule has 0 bridgehead atoms. The van der Waals surface area contributed by atoms with E-state index in [2.05, 4.69) is 21.1 Å². The Balaban J connectivity index is 0.000000468. The number of carbonyl (C=O) groups excluding carboxylic acids is 2. The minimum Gasteiger partial charge on any atom is -0.463 e. The van der Waals surface area contributed by atoms with Gasteiger partial charge in [-0.1, -0.05) is 59.5 Å². The third-order valence-electron chi connectivity index (χ3n) is 6.66. The van der Waals surface area contributed by atoms with Gasteiger partial charge in [0.1, 0.15) is 12.6 Å². The van der Waals surface area contributed by atoms with Gasteiger partial charge in [0.15, 0.2) is 11.1 Å². The quantitative estimate of drug-likeness (QED) is 0.123. The molecule has 3 aromatic rings. The molecule has 12 heteroatoms. The molecule has 2 aromatic carbocycles. The molecule has 0 saturated carbocycles. The van der Waals surface area contributed by atoms with E-state index in [0.717, 1.165) is 24.0 Å². The molecule has 3 N–H and O–H groups in total. The summed E-state index contributed by atoms with van der Waals surface area (Å²) in [5.41, 5.74) is 2.09. The van der Waals surface area contributed by atoms with Crippen molar-refractivity contribution in [3.05, 3.63) is 99.3 Å². The van der Waals surface area contributed by atoms with E-state index in [0.29, 0.717) is 40.8 Å². The van der Waals surface area contributed by atoms with Crippen LogP contribution in [-0.4, -0.2) is 76.0 Å². The van der Waals surface area contributed by atoms with E-state index >= 15 is 0 Å². The zero-order chi connectivity index (χ0) is 32.6. The van der Waals surface area contributed by atoms with Crippen LogP contribution >= 0.6 is 11.6 Å². The van der Waals surface area contributed by atoms with Crippen LogP contribution in [0.5, 0.6) is 0 Å². The van der Waals surface area contributed by atoms with Crippen LogP contribution in [0.3, 0.4) is 0 Å². The summed E-state index contributed by atoms with van der Waals surface area (Å²) in [6.07, 6.45) is 9.68. The van der Waals surface area contributed by atoms with Gasteiger partial charge in [-0.15, -0.1) is 6.42 Å². The van der Waals surface area contributed by atoms with Crippen LogP contribution in [0.2, 0.25) is 0 Å². The molecule has 0 spiro atoms. The average Bonchev–Trinajstić information content (AvgIpc) is 3.02. The van der Waals surface area contributed by atoms with Crippen molar-refractivity contribution in [2.24, 2.45) is 0 Å². The lowest BCUT2D eigenvalue weighted by molar-refractivity contribution is -0.148. The number of rotatable bonds is 11. The van der Waals surface area contributed by atoms with Crippen molar-refractivity contribution in [2.45, 2.75) is 30.7 Å². The van der Waals surface area contributed by atoms with Gasteiger partial charge in [0.25, 0.3) is 0 Å². The maximum atomic E-state index is 13.0. The Bertz CT molecular complexity index is 1620. The number of amides is 1. The Labute approximate surface area is 269 Å². The van der Waals surface area contributed by atoms with Gasteiger partial charge in [0.2, 0.25) is 11.5 Å². The number of hydrogen-bond donors (Lipinski definition) is 3. The molecule has 45 heavy (non-hydrogen) atoms. The Morgan fingerprint density at radius 2 is 1.93 bits per heavy atom. The molecule has 1 aliphatic heterocycles. The first kappa shape index (κ1) is 35.4. The van der Waals surface area contributed by atoms with E-state index in [9.17, 15) is 18.6 Å². The highest BCUT2D eigenvalue weighted by Gasteiger charge is 2.24. The minimum absolute atomic E-state index is 0.0116. The lowest BCUT2D eigenvalue weighted by atomic mass is 10.0. The monoisotopic (exact) mass is 653 g/mol. The van der Waals surface area contributed by atoms with Gasteiger partial charge >= 0.3 is 5.97 Å². The summed E-state index contributed by atoms with van der Waals surface area (Å²) in [6, 6.07) is 14.7. The second-order valence-electron chi connectivity index (χ2n) is 10.0. The van der Waals surface area contributed by atoms with E-state index in [4.69, 9.17) is 32.1 Å². The Morgan fingerprint density at radius 1 is 1.22 bits per heavy atom. The lowest BCUT2D eigenvalue weighted by Gasteiger charge is -2.26. The molecule has 0 aliphatic carbocycles. The Morgan fingerprint density at radius 3 is 2.62 bits per heavy atom. The fourth-order valence-electron chi connectivity index (χ4n) is 4.37. The first-order valence-electron chi connectivity index (χ1n) is 14.2.